The maximum absolute atomic E-state index is 10.1. The van der Waals surface area contributed by atoms with Crippen molar-refractivity contribution in [3.8, 4) is 0 Å². The second-order valence-corrected chi connectivity index (χ2v) is 8.18. The van der Waals surface area contributed by atoms with Crippen LogP contribution in [0, 0.1) is 5.92 Å². The van der Waals surface area contributed by atoms with E-state index in [1.807, 2.05) is 0 Å². The first-order chi connectivity index (χ1) is 13.0. The first-order valence-electron chi connectivity index (χ1n) is 10.3. The van der Waals surface area contributed by atoms with E-state index >= 15 is 0 Å². The summed E-state index contributed by atoms with van der Waals surface area (Å²) in [4.78, 5) is 9.28. The fraction of sp³-hybridized carbons (Fsp3) is 0.714. The normalized spacial score (nSPS) is 29.1. The molecule has 0 aromatic carbocycles. The number of ether oxygens (including phenoxy) is 1. The Morgan fingerprint density at radius 1 is 1.26 bits per heavy atom. The SMILES string of the molecule is C=C(N)c1cnc(NC2CCC(OC)CC2)nc1C[C@H]1CCCC[C@H](O)C1. The third-order valence-corrected chi connectivity index (χ3v) is 6.04. The molecule has 6 heteroatoms. The lowest BCUT2D eigenvalue weighted by atomic mass is 9.92. The molecule has 2 aliphatic rings. The summed E-state index contributed by atoms with van der Waals surface area (Å²) in [6.07, 6.45) is 12.2. The summed E-state index contributed by atoms with van der Waals surface area (Å²) >= 11 is 0. The van der Waals surface area contributed by atoms with E-state index in [4.69, 9.17) is 15.5 Å². The first-order valence-corrected chi connectivity index (χ1v) is 10.3. The Labute approximate surface area is 162 Å². The Morgan fingerprint density at radius 3 is 2.70 bits per heavy atom. The van der Waals surface area contributed by atoms with Crippen molar-refractivity contribution in [3.05, 3.63) is 24.0 Å². The summed E-state index contributed by atoms with van der Waals surface area (Å²) < 4.78 is 5.45. The van der Waals surface area contributed by atoms with Gasteiger partial charge in [0.15, 0.2) is 0 Å². The van der Waals surface area contributed by atoms with Gasteiger partial charge >= 0.3 is 0 Å². The average Bonchev–Trinajstić information content (AvgIpc) is 2.86. The van der Waals surface area contributed by atoms with E-state index in [0.717, 1.165) is 69.0 Å². The van der Waals surface area contributed by atoms with Crippen molar-refractivity contribution in [2.24, 2.45) is 11.7 Å². The highest BCUT2D eigenvalue weighted by Crippen LogP contribution is 2.28. The number of aromatic nitrogens is 2. The smallest absolute Gasteiger partial charge is 0.223 e. The van der Waals surface area contributed by atoms with Gasteiger partial charge in [0.1, 0.15) is 0 Å². The molecule has 0 spiro atoms. The van der Waals surface area contributed by atoms with Gasteiger partial charge in [-0.25, -0.2) is 9.97 Å². The number of hydrogen-bond donors (Lipinski definition) is 3. The van der Waals surface area contributed by atoms with Gasteiger partial charge in [-0.05, 0) is 57.3 Å². The summed E-state index contributed by atoms with van der Waals surface area (Å²) in [7, 11) is 1.79. The molecular formula is C21H34N4O2. The van der Waals surface area contributed by atoms with Crippen LogP contribution in [0.5, 0.6) is 0 Å². The Balaban J connectivity index is 1.69. The predicted octanol–water partition coefficient (Wildman–Crippen LogP) is 3.26. The monoisotopic (exact) mass is 374 g/mol. The Bertz CT molecular complexity index is 629. The Morgan fingerprint density at radius 2 is 2.00 bits per heavy atom. The third-order valence-electron chi connectivity index (χ3n) is 6.04. The molecule has 0 radical (unpaired) electrons. The van der Waals surface area contributed by atoms with Gasteiger partial charge < -0.3 is 20.9 Å². The van der Waals surface area contributed by atoms with Gasteiger partial charge in [-0.2, -0.15) is 0 Å². The van der Waals surface area contributed by atoms with Crippen molar-refractivity contribution < 1.29 is 9.84 Å². The van der Waals surface area contributed by atoms with Gasteiger partial charge in [0.05, 0.1) is 17.9 Å². The van der Waals surface area contributed by atoms with Crippen LogP contribution in [-0.4, -0.2) is 40.4 Å². The van der Waals surface area contributed by atoms with Gasteiger partial charge in [-0.15, -0.1) is 0 Å². The van der Waals surface area contributed by atoms with Crippen molar-refractivity contribution in [1.82, 2.24) is 9.97 Å². The lowest BCUT2D eigenvalue weighted by Gasteiger charge is -2.28. The Kier molecular flexibility index (Phi) is 7.07. The largest absolute Gasteiger partial charge is 0.399 e. The number of rotatable bonds is 6. The zero-order chi connectivity index (χ0) is 19.2. The number of hydrogen-bond acceptors (Lipinski definition) is 6. The number of nitrogens with zero attached hydrogens (tertiary/aromatic N) is 2. The highest BCUT2D eigenvalue weighted by Gasteiger charge is 2.23. The molecule has 1 aromatic heterocycles. The van der Waals surface area contributed by atoms with Crippen molar-refractivity contribution in [1.29, 1.82) is 0 Å². The molecule has 150 valence electrons. The van der Waals surface area contributed by atoms with E-state index in [1.54, 1.807) is 13.3 Å². The topological polar surface area (TPSA) is 93.3 Å². The van der Waals surface area contributed by atoms with E-state index in [1.165, 1.54) is 6.42 Å². The minimum Gasteiger partial charge on any atom is -0.399 e. The van der Waals surface area contributed by atoms with Crippen LogP contribution in [0.15, 0.2) is 12.8 Å². The second kappa shape index (κ2) is 9.51. The number of methoxy groups -OCH3 is 1. The molecule has 27 heavy (non-hydrogen) atoms. The minimum absolute atomic E-state index is 0.197. The third kappa shape index (κ3) is 5.66. The first kappa shape index (κ1) is 20.1. The minimum atomic E-state index is -0.197. The highest BCUT2D eigenvalue weighted by molar-refractivity contribution is 5.62. The van der Waals surface area contributed by atoms with E-state index < -0.39 is 0 Å². The van der Waals surface area contributed by atoms with Crippen LogP contribution >= 0.6 is 0 Å². The van der Waals surface area contributed by atoms with Crippen LogP contribution in [0.4, 0.5) is 5.95 Å². The molecule has 4 N–H and O–H groups in total. The van der Waals surface area contributed by atoms with Crippen LogP contribution in [0.25, 0.3) is 5.70 Å². The van der Waals surface area contributed by atoms with Crippen molar-refractivity contribution in [2.75, 3.05) is 12.4 Å². The quantitative estimate of drug-likeness (QED) is 0.662. The fourth-order valence-corrected chi connectivity index (χ4v) is 4.43. The summed E-state index contributed by atoms with van der Waals surface area (Å²) in [6, 6.07) is 0.385. The van der Waals surface area contributed by atoms with Gasteiger partial charge in [0.25, 0.3) is 0 Å². The molecule has 0 aliphatic heterocycles. The van der Waals surface area contributed by atoms with Crippen LogP contribution in [0.3, 0.4) is 0 Å². The zero-order valence-electron chi connectivity index (χ0n) is 16.5. The molecule has 1 heterocycles. The fourth-order valence-electron chi connectivity index (χ4n) is 4.43. The molecule has 0 unspecified atom stereocenters. The summed E-state index contributed by atoms with van der Waals surface area (Å²) in [5, 5.41) is 13.6. The lowest BCUT2D eigenvalue weighted by molar-refractivity contribution is 0.0681. The van der Waals surface area contributed by atoms with Crippen LogP contribution in [0.1, 0.15) is 69.0 Å². The van der Waals surface area contributed by atoms with Crippen molar-refractivity contribution in [2.45, 2.75) is 82.5 Å². The molecule has 3 rings (SSSR count). The maximum atomic E-state index is 10.1. The standard InChI is InChI=1S/C21H34N4O2/c1-14(22)19-13-23-21(24-16-7-9-18(27-2)10-8-16)25-20(19)12-15-5-3-4-6-17(26)11-15/h13,15-18,26H,1,3-12,22H2,2H3,(H,23,24,25)/t15-,16?,17-,18?/m0/s1. The summed E-state index contributed by atoms with van der Waals surface area (Å²) in [5.41, 5.74) is 8.27. The molecule has 0 amide bonds. The van der Waals surface area contributed by atoms with Crippen LogP contribution in [0.2, 0.25) is 0 Å². The Hall–Kier alpha value is -1.66. The van der Waals surface area contributed by atoms with Gasteiger partial charge in [0.2, 0.25) is 5.95 Å². The number of aliphatic hydroxyl groups is 1. The zero-order valence-corrected chi connectivity index (χ0v) is 16.5. The van der Waals surface area contributed by atoms with Crippen molar-refractivity contribution >= 4 is 11.6 Å². The number of nitrogens with one attached hydrogen (secondary N) is 1. The molecule has 2 fully saturated rings. The van der Waals surface area contributed by atoms with E-state index in [0.29, 0.717) is 29.7 Å². The molecular weight excluding hydrogens is 340 g/mol. The molecule has 2 saturated carbocycles. The van der Waals surface area contributed by atoms with E-state index in [-0.39, 0.29) is 6.10 Å². The summed E-state index contributed by atoms with van der Waals surface area (Å²) in [6.45, 7) is 3.89. The van der Waals surface area contributed by atoms with Gasteiger partial charge in [-0.3, -0.25) is 0 Å². The maximum Gasteiger partial charge on any atom is 0.223 e. The van der Waals surface area contributed by atoms with Gasteiger partial charge in [0, 0.05) is 30.6 Å². The molecule has 0 saturated heterocycles. The summed E-state index contributed by atoms with van der Waals surface area (Å²) in [5.74, 6) is 1.10. The molecule has 0 bridgehead atoms. The molecule has 2 aliphatic carbocycles. The second-order valence-electron chi connectivity index (χ2n) is 8.18. The van der Waals surface area contributed by atoms with E-state index in [9.17, 15) is 5.11 Å². The van der Waals surface area contributed by atoms with Crippen molar-refractivity contribution in [3.63, 3.8) is 0 Å². The van der Waals surface area contributed by atoms with Crippen LogP contribution in [-0.2, 0) is 11.2 Å². The van der Waals surface area contributed by atoms with Crippen LogP contribution < -0.4 is 11.1 Å². The lowest BCUT2D eigenvalue weighted by Crippen LogP contribution is -2.30. The number of nitrogens with two attached hydrogens (primary N) is 1. The molecule has 2 atom stereocenters. The van der Waals surface area contributed by atoms with Gasteiger partial charge in [-0.1, -0.05) is 19.4 Å². The molecule has 1 aromatic rings. The number of aliphatic hydroxyl groups excluding tert-OH is 1. The average molecular weight is 375 g/mol. The predicted molar refractivity (Wildman–Crippen MR) is 108 cm³/mol. The molecule has 6 nitrogen and oxygen atoms in total. The number of anilines is 1. The van der Waals surface area contributed by atoms with E-state index in [2.05, 4.69) is 16.9 Å². The highest BCUT2D eigenvalue weighted by atomic mass is 16.5.